The van der Waals surface area contributed by atoms with Crippen molar-refractivity contribution >= 4 is 27.1 Å². The number of sulfone groups is 1. The van der Waals surface area contributed by atoms with Crippen LogP contribution < -0.4 is 10.1 Å². The largest absolute Gasteiger partial charge is 0.497 e. The summed E-state index contributed by atoms with van der Waals surface area (Å²) < 4.78 is 31.5. The van der Waals surface area contributed by atoms with Crippen LogP contribution in [0.1, 0.15) is 31.1 Å². The number of carbonyl (C=O) groups is 1. The van der Waals surface area contributed by atoms with Gasteiger partial charge in [0.05, 0.1) is 7.11 Å². The zero-order valence-corrected chi connectivity index (χ0v) is 16.2. The van der Waals surface area contributed by atoms with E-state index in [9.17, 15) is 13.2 Å². The number of thiophene rings is 1. The third-order valence-corrected chi connectivity index (χ3v) is 7.25. The second-order valence-electron chi connectivity index (χ2n) is 6.14. The van der Waals surface area contributed by atoms with E-state index < -0.39 is 15.1 Å². The maximum atomic E-state index is 13.0. The van der Waals surface area contributed by atoms with Gasteiger partial charge in [-0.05, 0) is 35.1 Å². The topological polar surface area (TPSA) is 72.5 Å². The molecule has 1 aromatic carbocycles. The second-order valence-corrected chi connectivity index (χ2v) is 9.45. The van der Waals surface area contributed by atoms with Gasteiger partial charge in [-0.2, -0.15) is 0 Å². The molecule has 1 amide bonds. The molecule has 0 radical (unpaired) electrons. The Morgan fingerprint density at radius 1 is 1.20 bits per heavy atom. The van der Waals surface area contributed by atoms with E-state index in [0.29, 0.717) is 21.9 Å². The summed E-state index contributed by atoms with van der Waals surface area (Å²) in [6, 6.07) is 10.2. The van der Waals surface area contributed by atoms with Crippen LogP contribution >= 0.6 is 11.3 Å². The van der Waals surface area contributed by atoms with Crippen LogP contribution in [0.15, 0.2) is 46.0 Å². The molecule has 0 saturated heterocycles. The Hall–Kier alpha value is -1.86. The summed E-state index contributed by atoms with van der Waals surface area (Å²) in [5.41, 5.74) is 0.624. The predicted molar refractivity (Wildman–Crippen MR) is 99.7 cm³/mol. The van der Waals surface area contributed by atoms with Crippen molar-refractivity contribution in [1.29, 1.82) is 0 Å². The first-order valence-corrected chi connectivity index (χ1v) is 10.4. The normalized spacial score (nSPS) is 12.8. The molecule has 0 fully saturated rings. The molecule has 7 heteroatoms. The van der Waals surface area contributed by atoms with Gasteiger partial charge in [0.25, 0.3) is 0 Å². The molecule has 2 rings (SSSR count). The minimum Gasteiger partial charge on any atom is -0.497 e. The Labute approximate surface area is 152 Å². The second kappa shape index (κ2) is 8.49. The number of rotatable bonds is 8. The monoisotopic (exact) mass is 381 g/mol. The number of amides is 1. The van der Waals surface area contributed by atoms with E-state index in [1.54, 1.807) is 48.9 Å². The summed E-state index contributed by atoms with van der Waals surface area (Å²) in [6.07, 6.45) is 0.369. The van der Waals surface area contributed by atoms with Crippen molar-refractivity contribution in [2.24, 2.45) is 5.92 Å². The van der Waals surface area contributed by atoms with Gasteiger partial charge in [-0.15, -0.1) is 11.3 Å². The highest BCUT2D eigenvalue weighted by Gasteiger charge is 2.30. The van der Waals surface area contributed by atoms with Gasteiger partial charge >= 0.3 is 0 Å². The minimum absolute atomic E-state index is 0.0398. The number of ether oxygens (including phenoxy) is 1. The summed E-state index contributed by atoms with van der Waals surface area (Å²) in [5, 5.41) is 3.66. The molecule has 0 bridgehead atoms. The van der Waals surface area contributed by atoms with Crippen LogP contribution in [0.2, 0.25) is 0 Å². The van der Waals surface area contributed by atoms with Gasteiger partial charge in [0.1, 0.15) is 15.2 Å². The first-order valence-electron chi connectivity index (χ1n) is 8.02. The highest BCUT2D eigenvalue weighted by molar-refractivity contribution is 7.93. The number of hydrogen-bond acceptors (Lipinski definition) is 5. The van der Waals surface area contributed by atoms with E-state index in [-0.39, 0.29) is 18.4 Å². The van der Waals surface area contributed by atoms with Gasteiger partial charge in [0.15, 0.2) is 9.84 Å². The molecule has 0 spiro atoms. The minimum atomic E-state index is -3.59. The van der Waals surface area contributed by atoms with Crippen LogP contribution in [0.5, 0.6) is 5.75 Å². The lowest BCUT2D eigenvalue weighted by Gasteiger charge is -2.19. The SMILES string of the molecule is COc1ccc([C@H](CNC(=O)CC(C)C)S(=O)(=O)c2cccs2)cc1. The molecule has 2 aromatic rings. The highest BCUT2D eigenvalue weighted by Crippen LogP contribution is 2.32. The standard InChI is InChI=1S/C18H23NO4S2/c1-13(2)11-17(20)19-12-16(14-6-8-15(23-3)9-7-14)25(21,22)18-5-4-10-24-18/h4-10,13,16H,11-12H2,1-3H3,(H,19,20)/t16-/m0/s1. The van der Waals surface area contributed by atoms with Gasteiger partial charge in [0, 0.05) is 13.0 Å². The fourth-order valence-corrected chi connectivity index (χ4v) is 5.31. The van der Waals surface area contributed by atoms with Crippen LogP contribution in [0.3, 0.4) is 0 Å². The third kappa shape index (κ3) is 5.06. The quantitative estimate of drug-likeness (QED) is 0.760. The van der Waals surface area contributed by atoms with Gasteiger partial charge in [0.2, 0.25) is 5.91 Å². The fraction of sp³-hybridized carbons (Fsp3) is 0.389. The third-order valence-electron chi connectivity index (χ3n) is 3.72. The van der Waals surface area contributed by atoms with Gasteiger partial charge in [-0.25, -0.2) is 8.42 Å². The predicted octanol–water partition coefficient (Wildman–Crippen LogP) is 3.43. The first kappa shape index (κ1) is 19.5. The molecule has 1 heterocycles. The Morgan fingerprint density at radius 2 is 1.88 bits per heavy atom. The van der Waals surface area contributed by atoms with Crippen molar-refractivity contribution in [3.63, 3.8) is 0 Å². The molecular formula is C18H23NO4S2. The van der Waals surface area contributed by atoms with Crippen molar-refractivity contribution in [1.82, 2.24) is 5.32 Å². The van der Waals surface area contributed by atoms with Crippen molar-refractivity contribution in [3.05, 3.63) is 47.3 Å². The number of nitrogens with one attached hydrogen (secondary N) is 1. The van der Waals surface area contributed by atoms with Crippen LogP contribution in [0.25, 0.3) is 0 Å². The molecule has 25 heavy (non-hydrogen) atoms. The van der Waals surface area contributed by atoms with Crippen LogP contribution in [0, 0.1) is 5.92 Å². The molecule has 0 saturated carbocycles. The number of carbonyl (C=O) groups excluding carboxylic acids is 1. The molecule has 1 N–H and O–H groups in total. The van der Waals surface area contributed by atoms with E-state index in [4.69, 9.17) is 4.74 Å². The molecule has 136 valence electrons. The van der Waals surface area contributed by atoms with Crippen LogP contribution in [0.4, 0.5) is 0 Å². The Balaban J connectivity index is 2.29. The lowest BCUT2D eigenvalue weighted by Crippen LogP contribution is -2.32. The number of benzene rings is 1. The Kier molecular flexibility index (Phi) is 6.61. The lowest BCUT2D eigenvalue weighted by molar-refractivity contribution is -0.121. The Bertz CT molecular complexity index is 781. The van der Waals surface area contributed by atoms with Gasteiger partial charge < -0.3 is 10.1 Å². The molecule has 1 aromatic heterocycles. The lowest BCUT2D eigenvalue weighted by atomic mass is 10.1. The fourth-order valence-electron chi connectivity index (χ4n) is 2.44. The summed E-state index contributed by atoms with van der Waals surface area (Å²) >= 11 is 1.18. The van der Waals surface area contributed by atoms with E-state index in [0.717, 1.165) is 0 Å². The average molecular weight is 382 g/mol. The van der Waals surface area contributed by atoms with Crippen LogP contribution in [-0.4, -0.2) is 28.0 Å². The summed E-state index contributed by atoms with van der Waals surface area (Å²) in [4.78, 5) is 12.0. The Morgan fingerprint density at radius 3 is 2.40 bits per heavy atom. The van der Waals surface area contributed by atoms with Gasteiger partial charge in [-0.1, -0.05) is 32.0 Å². The molecular weight excluding hydrogens is 358 g/mol. The zero-order chi connectivity index (χ0) is 18.4. The van der Waals surface area contributed by atoms with E-state index >= 15 is 0 Å². The van der Waals surface area contributed by atoms with Crippen LogP contribution in [-0.2, 0) is 14.6 Å². The van der Waals surface area contributed by atoms with Crippen molar-refractivity contribution < 1.29 is 17.9 Å². The summed E-state index contributed by atoms with van der Waals surface area (Å²) in [7, 11) is -2.03. The van der Waals surface area contributed by atoms with E-state index in [1.165, 1.54) is 11.3 Å². The highest BCUT2D eigenvalue weighted by atomic mass is 32.2. The average Bonchev–Trinajstić information content (AvgIpc) is 3.10. The summed E-state index contributed by atoms with van der Waals surface area (Å²) in [5.74, 6) is 0.725. The number of methoxy groups -OCH3 is 1. The molecule has 0 unspecified atom stereocenters. The molecule has 0 aliphatic rings. The van der Waals surface area contributed by atoms with E-state index in [2.05, 4.69) is 5.32 Å². The smallest absolute Gasteiger partial charge is 0.220 e. The molecule has 5 nitrogen and oxygen atoms in total. The molecule has 0 aliphatic carbocycles. The van der Waals surface area contributed by atoms with Crippen molar-refractivity contribution in [3.8, 4) is 5.75 Å². The molecule has 0 aliphatic heterocycles. The number of hydrogen-bond donors (Lipinski definition) is 1. The summed E-state index contributed by atoms with van der Waals surface area (Å²) in [6.45, 7) is 3.93. The first-order chi connectivity index (χ1) is 11.8. The maximum absolute atomic E-state index is 13.0. The maximum Gasteiger partial charge on any atom is 0.220 e. The van der Waals surface area contributed by atoms with E-state index in [1.807, 2.05) is 13.8 Å². The van der Waals surface area contributed by atoms with Crippen molar-refractivity contribution in [2.75, 3.05) is 13.7 Å². The van der Waals surface area contributed by atoms with Gasteiger partial charge in [-0.3, -0.25) is 4.79 Å². The molecule has 1 atom stereocenters. The zero-order valence-electron chi connectivity index (χ0n) is 14.6. The van der Waals surface area contributed by atoms with Crippen molar-refractivity contribution in [2.45, 2.75) is 29.7 Å².